The summed E-state index contributed by atoms with van der Waals surface area (Å²) in [6.45, 7) is 7.29. The van der Waals surface area contributed by atoms with Gasteiger partial charge in [0.25, 0.3) is 5.91 Å². The molecule has 1 aromatic heterocycles. The molecule has 4 rings (SSSR count). The summed E-state index contributed by atoms with van der Waals surface area (Å²) in [5.74, 6) is -0.137. The number of methoxy groups -OCH3 is 1. The molecule has 1 atom stereocenters. The number of carbonyl (C=O) groups excluding carboxylic acids is 3. The maximum atomic E-state index is 13.4. The van der Waals surface area contributed by atoms with E-state index in [2.05, 4.69) is 5.32 Å². The number of piperidine rings is 1. The van der Waals surface area contributed by atoms with Gasteiger partial charge in [-0.2, -0.15) is 0 Å². The molecule has 2 aliphatic heterocycles. The molecule has 0 spiro atoms. The van der Waals surface area contributed by atoms with E-state index in [4.69, 9.17) is 14.2 Å². The number of aryl methyl sites for hydroxylation is 1. The topological polar surface area (TPSA) is 116 Å². The van der Waals surface area contributed by atoms with Gasteiger partial charge in [-0.15, -0.1) is 0 Å². The molecule has 1 aromatic carbocycles. The molecule has 0 bridgehead atoms. The molecule has 36 heavy (non-hydrogen) atoms. The lowest BCUT2D eigenvalue weighted by atomic mass is 9.95. The molecule has 10 nitrogen and oxygen atoms in total. The first-order valence-electron chi connectivity index (χ1n) is 12.4. The van der Waals surface area contributed by atoms with Gasteiger partial charge in [0.05, 0.1) is 23.9 Å². The molecule has 0 saturated carbocycles. The number of amides is 2. The summed E-state index contributed by atoms with van der Waals surface area (Å²) in [5, 5.41) is 3.18. The molecule has 10 heteroatoms. The van der Waals surface area contributed by atoms with E-state index in [1.807, 2.05) is 25.3 Å². The Balaban J connectivity index is 1.58. The van der Waals surface area contributed by atoms with Crippen molar-refractivity contribution in [2.45, 2.75) is 52.6 Å². The molecular weight excluding hydrogens is 466 g/mol. The lowest BCUT2D eigenvalue weighted by Gasteiger charge is -2.34. The Labute approximate surface area is 209 Å². The van der Waals surface area contributed by atoms with E-state index in [0.717, 1.165) is 0 Å². The fourth-order valence-electron chi connectivity index (χ4n) is 4.85. The van der Waals surface area contributed by atoms with E-state index in [-0.39, 0.29) is 36.1 Å². The van der Waals surface area contributed by atoms with Crippen molar-refractivity contribution in [2.24, 2.45) is 11.8 Å². The van der Waals surface area contributed by atoms with Crippen LogP contribution in [0.3, 0.4) is 0 Å². The van der Waals surface area contributed by atoms with Crippen LogP contribution in [-0.2, 0) is 20.9 Å². The van der Waals surface area contributed by atoms with E-state index in [9.17, 15) is 19.2 Å². The third-order valence-electron chi connectivity index (χ3n) is 6.81. The van der Waals surface area contributed by atoms with E-state index in [1.165, 1.54) is 13.3 Å². The molecule has 3 heterocycles. The van der Waals surface area contributed by atoms with Gasteiger partial charge in [-0.3, -0.25) is 19.2 Å². The Bertz CT molecular complexity index is 1230. The molecule has 0 radical (unpaired) electrons. The zero-order valence-corrected chi connectivity index (χ0v) is 21.2. The zero-order valence-electron chi connectivity index (χ0n) is 21.2. The maximum Gasteiger partial charge on any atom is 0.308 e. The Hall–Kier alpha value is -3.56. The number of pyridine rings is 1. The van der Waals surface area contributed by atoms with Crippen molar-refractivity contribution in [3.05, 3.63) is 34.1 Å². The number of ether oxygens (including phenoxy) is 3. The molecule has 2 aliphatic rings. The first kappa shape index (κ1) is 25.5. The van der Waals surface area contributed by atoms with Crippen LogP contribution in [0.15, 0.2) is 23.1 Å². The quantitative estimate of drug-likeness (QED) is 0.581. The monoisotopic (exact) mass is 499 g/mol. The molecule has 1 N–H and O–H groups in total. The van der Waals surface area contributed by atoms with Gasteiger partial charge in [0.1, 0.15) is 11.6 Å². The highest BCUT2D eigenvalue weighted by molar-refractivity contribution is 6.00. The van der Waals surface area contributed by atoms with Crippen molar-refractivity contribution < 1.29 is 28.6 Å². The smallest absolute Gasteiger partial charge is 0.308 e. The van der Waals surface area contributed by atoms with Crippen LogP contribution in [0.2, 0.25) is 0 Å². The molecule has 1 saturated heterocycles. The van der Waals surface area contributed by atoms with Crippen molar-refractivity contribution in [3.8, 4) is 11.5 Å². The third kappa shape index (κ3) is 5.03. The number of esters is 1. The fraction of sp³-hybridized carbons (Fsp3) is 0.538. The molecule has 1 unspecified atom stereocenters. The lowest BCUT2D eigenvalue weighted by Crippen LogP contribution is -2.52. The van der Waals surface area contributed by atoms with Gasteiger partial charge in [0.2, 0.25) is 18.1 Å². The van der Waals surface area contributed by atoms with Crippen LogP contribution in [0.25, 0.3) is 10.9 Å². The third-order valence-corrected chi connectivity index (χ3v) is 6.81. The highest BCUT2D eigenvalue weighted by Crippen LogP contribution is 2.35. The second kappa shape index (κ2) is 10.6. The standard InChI is InChI=1S/C26H33N3O7/c1-5-28-13-18(23(30)17-11-21-22(12-20(17)28)36-14-35-21)24(31)27-19(10-15(2)3)25(32)29-8-6-16(7-9-29)26(33)34-4/h11-13,15-16,19H,5-10,14H2,1-4H3,(H,27,31). The molecular formula is C26H33N3O7. The van der Waals surface area contributed by atoms with Crippen LogP contribution in [0, 0.1) is 11.8 Å². The first-order valence-corrected chi connectivity index (χ1v) is 12.4. The number of likely N-dealkylation sites (tertiary alicyclic amines) is 1. The van der Waals surface area contributed by atoms with Crippen LogP contribution in [0.5, 0.6) is 11.5 Å². The number of nitrogens with one attached hydrogen (secondary N) is 1. The second-order valence-corrected chi connectivity index (χ2v) is 9.66. The number of hydrogen-bond donors (Lipinski definition) is 1. The van der Waals surface area contributed by atoms with Crippen LogP contribution in [-0.4, -0.2) is 60.3 Å². The van der Waals surface area contributed by atoms with E-state index < -0.39 is 17.4 Å². The molecule has 2 aromatic rings. The molecule has 0 aliphatic carbocycles. The van der Waals surface area contributed by atoms with E-state index in [0.29, 0.717) is 61.3 Å². The number of nitrogens with zero attached hydrogens (tertiary/aromatic N) is 2. The number of carbonyl (C=O) groups is 3. The molecule has 194 valence electrons. The average Bonchev–Trinajstić information content (AvgIpc) is 3.34. The van der Waals surface area contributed by atoms with E-state index >= 15 is 0 Å². The van der Waals surface area contributed by atoms with Crippen LogP contribution >= 0.6 is 0 Å². The average molecular weight is 500 g/mol. The summed E-state index contributed by atoms with van der Waals surface area (Å²) in [7, 11) is 1.36. The van der Waals surface area contributed by atoms with Crippen molar-refractivity contribution in [1.82, 2.24) is 14.8 Å². The van der Waals surface area contributed by atoms with Crippen molar-refractivity contribution in [1.29, 1.82) is 0 Å². The van der Waals surface area contributed by atoms with Crippen LogP contribution < -0.4 is 20.2 Å². The van der Waals surface area contributed by atoms with Gasteiger partial charge >= 0.3 is 5.97 Å². The summed E-state index contributed by atoms with van der Waals surface area (Å²) in [6.07, 6.45) is 2.99. The minimum Gasteiger partial charge on any atom is -0.469 e. The first-order chi connectivity index (χ1) is 17.2. The number of hydrogen-bond acceptors (Lipinski definition) is 7. The second-order valence-electron chi connectivity index (χ2n) is 9.66. The largest absolute Gasteiger partial charge is 0.469 e. The summed E-state index contributed by atoms with van der Waals surface area (Å²) < 4.78 is 17.5. The maximum absolute atomic E-state index is 13.4. The normalized spacial score (nSPS) is 16.3. The predicted molar refractivity (Wildman–Crippen MR) is 132 cm³/mol. The van der Waals surface area contributed by atoms with Gasteiger partial charge in [-0.1, -0.05) is 13.8 Å². The van der Waals surface area contributed by atoms with Gasteiger partial charge in [0.15, 0.2) is 11.5 Å². The van der Waals surface area contributed by atoms with Crippen LogP contribution in [0.4, 0.5) is 0 Å². The Kier molecular flexibility index (Phi) is 7.51. The lowest BCUT2D eigenvalue weighted by molar-refractivity contribution is -0.149. The van der Waals surface area contributed by atoms with Crippen molar-refractivity contribution >= 4 is 28.7 Å². The van der Waals surface area contributed by atoms with Crippen molar-refractivity contribution in [3.63, 3.8) is 0 Å². The predicted octanol–water partition coefficient (Wildman–Crippen LogP) is 2.31. The van der Waals surface area contributed by atoms with E-state index in [1.54, 1.807) is 17.0 Å². The molecule has 2 amide bonds. The highest BCUT2D eigenvalue weighted by atomic mass is 16.7. The van der Waals surface area contributed by atoms with Crippen molar-refractivity contribution in [2.75, 3.05) is 27.0 Å². The van der Waals surface area contributed by atoms with Gasteiger partial charge < -0.3 is 29.0 Å². The summed E-state index contributed by atoms with van der Waals surface area (Å²) in [6, 6.07) is 2.56. The fourth-order valence-corrected chi connectivity index (χ4v) is 4.85. The van der Waals surface area contributed by atoms with Gasteiger partial charge in [-0.05, 0) is 38.2 Å². The zero-order chi connectivity index (χ0) is 26.0. The summed E-state index contributed by atoms with van der Waals surface area (Å²) in [4.78, 5) is 53.6. The summed E-state index contributed by atoms with van der Waals surface area (Å²) >= 11 is 0. The minimum absolute atomic E-state index is 0.0332. The number of fused-ring (bicyclic) bond motifs is 2. The van der Waals surface area contributed by atoms with Gasteiger partial charge in [-0.25, -0.2) is 0 Å². The molecule has 1 fully saturated rings. The SMILES string of the molecule is CCn1cc(C(=O)NC(CC(C)C)C(=O)N2CCC(C(=O)OC)CC2)c(=O)c2cc3c(cc21)OCO3. The highest BCUT2D eigenvalue weighted by Gasteiger charge is 2.33. The van der Waals surface area contributed by atoms with Crippen LogP contribution in [0.1, 0.15) is 50.4 Å². The number of rotatable bonds is 7. The Morgan fingerprint density at radius 1 is 1.14 bits per heavy atom. The Morgan fingerprint density at radius 2 is 1.81 bits per heavy atom. The summed E-state index contributed by atoms with van der Waals surface area (Å²) in [5.41, 5.74) is 0.181. The number of benzene rings is 1. The minimum atomic E-state index is -0.783. The Morgan fingerprint density at radius 3 is 2.42 bits per heavy atom. The number of aromatic nitrogens is 1. The van der Waals surface area contributed by atoms with Gasteiger partial charge in [0, 0.05) is 31.9 Å².